The van der Waals surface area contributed by atoms with E-state index in [9.17, 15) is 18.0 Å². The largest absolute Gasteiger partial charge is 0.416 e. The number of benzene rings is 2. The maximum absolute atomic E-state index is 13.1. The lowest BCUT2D eigenvalue weighted by atomic mass is 9.96. The van der Waals surface area contributed by atoms with Crippen LogP contribution in [0.25, 0.3) is 11.1 Å². The summed E-state index contributed by atoms with van der Waals surface area (Å²) in [6, 6.07) is 12.4. The molecular weight excluding hydrogens is 445 g/mol. The molecule has 0 unspecified atom stereocenters. The van der Waals surface area contributed by atoms with Crippen LogP contribution in [0.1, 0.15) is 27.0 Å². The highest BCUT2D eigenvalue weighted by atomic mass is 19.4. The van der Waals surface area contributed by atoms with Crippen molar-refractivity contribution in [2.45, 2.75) is 19.3 Å². The summed E-state index contributed by atoms with van der Waals surface area (Å²) in [6.45, 7) is 3.17. The number of carbonyl (C=O) groups is 1. The van der Waals surface area contributed by atoms with Crippen LogP contribution in [0.3, 0.4) is 0 Å². The molecule has 3 aromatic rings. The zero-order valence-electron chi connectivity index (χ0n) is 18.4. The van der Waals surface area contributed by atoms with Crippen molar-refractivity contribution in [3.05, 3.63) is 83.2 Å². The number of rotatable bonds is 6. The molecule has 34 heavy (non-hydrogen) atoms. The van der Waals surface area contributed by atoms with Crippen molar-refractivity contribution < 1.29 is 22.7 Å². The van der Waals surface area contributed by atoms with E-state index in [-0.39, 0.29) is 19.0 Å². The molecule has 1 aliphatic rings. The fourth-order valence-corrected chi connectivity index (χ4v) is 3.83. The quantitative estimate of drug-likeness (QED) is 0.570. The van der Waals surface area contributed by atoms with Crippen LogP contribution in [0, 0.1) is 0 Å². The third-order valence-corrected chi connectivity index (χ3v) is 5.74. The molecule has 1 fully saturated rings. The minimum absolute atomic E-state index is 0.128. The number of hydrogen-bond donors (Lipinski definition) is 2. The van der Waals surface area contributed by atoms with Crippen molar-refractivity contribution in [1.82, 2.24) is 10.3 Å². The van der Waals surface area contributed by atoms with Crippen molar-refractivity contribution >= 4 is 11.6 Å². The van der Waals surface area contributed by atoms with Gasteiger partial charge in [0.25, 0.3) is 5.91 Å². The number of anilines is 1. The normalized spacial score (nSPS) is 14.2. The van der Waals surface area contributed by atoms with Gasteiger partial charge in [-0.3, -0.25) is 9.78 Å². The zero-order valence-corrected chi connectivity index (χ0v) is 18.4. The Morgan fingerprint density at radius 3 is 2.47 bits per heavy atom. The Labute approximate surface area is 195 Å². The monoisotopic (exact) mass is 470 g/mol. The van der Waals surface area contributed by atoms with Gasteiger partial charge in [0.2, 0.25) is 0 Å². The molecular formula is C25H25F3N4O2. The van der Waals surface area contributed by atoms with Crippen LogP contribution in [0.15, 0.2) is 60.9 Å². The number of morpholine rings is 1. The average Bonchev–Trinajstić information content (AvgIpc) is 2.87. The third-order valence-electron chi connectivity index (χ3n) is 5.74. The van der Waals surface area contributed by atoms with E-state index in [0.29, 0.717) is 35.5 Å². The minimum Gasteiger partial charge on any atom is -0.378 e. The van der Waals surface area contributed by atoms with Crippen molar-refractivity contribution in [3.63, 3.8) is 0 Å². The topological polar surface area (TPSA) is 80.5 Å². The van der Waals surface area contributed by atoms with Crippen LogP contribution >= 0.6 is 0 Å². The van der Waals surface area contributed by atoms with Gasteiger partial charge in [-0.25, -0.2) is 0 Å². The van der Waals surface area contributed by atoms with Gasteiger partial charge in [0.05, 0.1) is 36.2 Å². The van der Waals surface area contributed by atoms with Crippen molar-refractivity contribution in [2.24, 2.45) is 5.73 Å². The number of amides is 1. The second-order valence-corrected chi connectivity index (χ2v) is 7.98. The van der Waals surface area contributed by atoms with Crippen LogP contribution in [-0.2, 0) is 24.0 Å². The van der Waals surface area contributed by atoms with Crippen LogP contribution in [0.4, 0.5) is 18.9 Å². The van der Waals surface area contributed by atoms with Gasteiger partial charge in [-0.15, -0.1) is 0 Å². The van der Waals surface area contributed by atoms with E-state index in [2.05, 4.69) is 15.2 Å². The molecule has 0 saturated carbocycles. The zero-order chi connectivity index (χ0) is 24.1. The van der Waals surface area contributed by atoms with Gasteiger partial charge >= 0.3 is 6.18 Å². The molecule has 9 heteroatoms. The van der Waals surface area contributed by atoms with E-state index < -0.39 is 11.7 Å². The summed E-state index contributed by atoms with van der Waals surface area (Å²) in [5, 5.41) is 2.87. The number of nitrogens with one attached hydrogen (secondary N) is 1. The summed E-state index contributed by atoms with van der Waals surface area (Å²) < 4.78 is 44.8. The summed E-state index contributed by atoms with van der Waals surface area (Å²) in [6.07, 6.45) is -1.19. The van der Waals surface area contributed by atoms with Crippen molar-refractivity contribution in [2.75, 3.05) is 31.2 Å². The van der Waals surface area contributed by atoms with Crippen LogP contribution in [0.2, 0.25) is 0 Å². The fraction of sp³-hybridized carbons (Fsp3) is 0.280. The van der Waals surface area contributed by atoms with Gasteiger partial charge in [0, 0.05) is 32.4 Å². The molecule has 1 aromatic heterocycles. The first-order valence-electron chi connectivity index (χ1n) is 10.9. The molecule has 1 aliphatic heterocycles. The van der Waals surface area contributed by atoms with Gasteiger partial charge in [-0.2, -0.15) is 13.2 Å². The Morgan fingerprint density at radius 2 is 1.79 bits per heavy atom. The van der Waals surface area contributed by atoms with E-state index in [1.165, 1.54) is 12.3 Å². The Bertz CT molecular complexity index is 1140. The Hall–Kier alpha value is -3.43. The molecule has 1 saturated heterocycles. The van der Waals surface area contributed by atoms with Gasteiger partial charge in [0.15, 0.2) is 0 Å². The highest BCUT2D eigenvalue weighted by Gasteiger charge is 2.31. The van der Waals surface area contributed by atoms with E-state index in [4.69, 9.17) is 10.5 Å². The summed E-state index contributed by atoms with van der Waals surface area (Å²) in [7, 11) is 0. The molecule has 2 heterocycles. The predicted octanol–water partition coefficient (Wildman–Crippen LogP) is 3.99. The lowest BCUT2D eigenvalue weighted by Gasteiger charge is -2.28. The number of halogens is 3. The van der Waals surface area contributed by atoms with Crippen LogP contribution < -0.4 is 16.0 Å². The Kier molecular flexibility index (Phi) is 7.14. The third kappa shape index (κ3) is 5.55. The second kappa shape index (κ2) is 10.2. The van der Waals surface area contributed by atoms with Gasteiger partial charge < -0.3 is 20.7 Å². The number of carbonyl (C=O) groups excluding carboxylic acids is 1. The SMILES string of the molecule is NCc1ccc(C(F)(F)F)cc1-c1ccc(CNC(=O)c2cncc(N3CCOCC3)c2)cc1. The highest BCUT2D eigenvalue weighted by molar-refractivity contribution is 5.94. The molecule has 4 rings (SSSR count). The molecule has 0 bridgehead atoms. The number of aromatic nitrogens is 1. The maximum Gasteiger partial charge on any atom is 0.416 e. The number of hydrogen-bond acceptors (Lipinski definition) is 5. The smallest absolute Gasteiger partial charge is 0.378 e. The summed E-state index contributed by atoms with van der Waals surface area (Å²) in [5.74, 6) is -0.255. The predicted molar refractivity (Wildman–Crippen MR) is 123 cm³/mol. The number of ether oxygens (including phenoxy) is 1. The second-order valence-electron chi connectivity index (χ2n) is 7.98. The van der Waals surface area contributed by atoms with Crippen molar-refractivity contribution in [3.8, 4) is 11.1 Å². The molecule has 6 nitrogen and oxygen atoms in total. The van der Waals surface area contributed by atoms with Crippen LogP contribution in [-0.4, -0.2) is 37.2 Å². The summed E-state index contributed by atoms with van der Waals surface area (Å²) >= 11 is 0. The fourth-order valence-electron chi connectivity index (χ4n) is 3.83. The lowest BCUT2D eigenvalue weighted by Crippen LogP contribution is -2.36. The first kappa shape index (κ1) is 23.7. The van der Waals surface area contributed by atoms with E-state index in [1.807, 2.05) is 0 Å². The van der Waals surface area contributed by atoms with E-state index in [1.54, 1.807) is 36.5 Å². The average molecular weight is 470 g/mol. The summed E-state index contributed by atoms with van der Waals surface area (Å²) in [4.78, 5) is 19.0. The van der Waals surface area contributed by atoms with Crippen molar-refractivity contribution in [1.29, 1.82) is 0 Å². The maximum atomic E-state index is 13.1. The molecule has 0 aliphatic carbocycles. The number of nitrogens with two attached hydrogens (primary N) is 1. The first-order chi connectivity index (χ1) is 16.3. The molecule has 178 valence electrons. The minimum atomic E-state index is -4.43. The molecule has 2 aromatic carbocycles. The van der Waals surface area contributed by atoms with E-state index >= 15 is 0 Å². The number of alkyl halides is 3. The number of nitrogens with zero attached hydrogens (tertiary/aromatic N) is 2. The van der Waals surface area contributed by atoms with Crippen LogP contribution in [0.5, 0.6) is 0 Å². The van der Waals surface area contributed by atoms with Gasteiger partial charge in [0.1, 0.15) is 0 Å². The molecule has 0 spiro atoms. The first-order valence-corrected chi connectivity index (χ1v) is 10.9. The van der Waals surface area contributed by atoms with Gasteiger partial charge in [-0.1, -0.05) is 30.3 Å². The lowest BCUT2D eigenvalue weighted by molar-refractivity contribution is -0.137. The standard InChI is InChI=1S/C25H25F3N4O2/c26-25(27,28)21-6-5-19(13-29)23(12-21)18-3-1-17(2-4-18)14-31-24(33)20-11-22(16-30-15-20)32-7-9-34-10-8-32/h1-6,11-12,15-16H,7-10,13-14,29H2,(H,31,33). The van der Waals surface area contributed by atoms with E-state index in [0.717, 1.165) is 36.5 Å². The van der Waals surface area contributed by atoms with Gasteiger partial charge in [-0.05, 0) is 40.5 Å². The molecule has 1 amide bonds. The number of pyridine rings is 1. The molecule has 0 atom stereocenters. The molecule has 0 radical (unpaired) electrons. The molecule has 3 N–H and O–H groups in total. The Morgan fingerprint density at radius 1 is 1.06 bits per heavy atom. The Balaban J connectivity index is 1.43. The summed E-state index contributed by atoms with van der Waals surface area (Å²) in [5.41, 5.74) is 8.85. The highest BCUT2D eigenvalue weighted by Crippen LogP contribution is 2.34.